The zero-order chi connectivity index (χ0) is 20.7. The normalized spacial score (nSPS) is 10.5. The average molecular weight is 382 g/mol. The van der Waals surface area contributed by atoms with Crippen molar-refractivity contribution in [3.63, 3.8) is 0 Å². The molecule has 28 heavy (non-hydrogen) atoms. The van der Waals surface area contributed by atoms with Gasteiger partial charge in [0.15, 0.2) is 12.4 Å². The number of esters is 1. The van der Waals surface area contributed by atoms with E-state index in [9.17, 15) is 19.5 Å². The number of aromatic hydroxyl groups is 1. The molecule has 8 nitrogen and oxygen atoms in total. The Morgan fingerprint density at radius 1 is 1.32 bits per heavy atom. The first kappa shape index (κ1) is 20.5. The SMILES string of the molecule is COC(=O)Cn1c(C)cc(O)c(C(=O)C=Cc2cccc(OCC#N)c2)c1=O. The van der Waals surface area contributed by atoms with Gasteiger partial charge in [-0.3, -0.25) is 14.4 Å². The molecule has 0 amide bonds. The van der Waals surface area contributed by atoms with E-state index in [1.165, 1.54) is 26.2 Å². The Kier molecular flexibility index (Phi) is 6.71. The van der Waals surface area contributed by atoms with Crippen molar-refractivity contribution in [1.29, 1.82) is 5.26 Å². The number of nitrogens with zero attached hydrogens (tertiary/aromatic N) is 2. The van der Waals surface area contributed by atoms with Gasteiger partial charge in [-0.2, -0.15) is 5.26 Å². The van der Waals surface area contributed by atoms with Crippen LogP contribution in [0.25, 0.3) is 6.08 Å². The second-order valence-electron chi connectivity index (χ2n) is 5.73. The molecule has 0 fully saturated rings. The van der Waals surface area contributed by atoms with Crippen LogP contribution in [0.4, 0.5) is 0 Å². The monoisotopic (exact) mass is 382 g/mol. The molecule has 0 aliphatic heterocycles. The van der Waals surface area contributed by atoms with Crippen LogP contribution in [0, 0.1) is 18.3 Å². The maximum Gasteiger partial charge on any atom is 0.325 e. The third-order valence-electron chi connectivity index (χ3n) is 3.84. The molecule has 2 aromatic rings. The predicted octanol–water partition coefficient (Wildman–Crippen LogP) is 1.83. The summed E-state index contributed by atoms with van der Waals surface area (Å²) in [5.41, 5.74) is -0.313. The van der Waals surface area contributed by atoms with Crippen LogP contribution >= 0.6 is 0 Å². The van der Waals surface area contributed by atoms with Gasteiger partial charge >= 0.3 is 5.97 Å². The molecule has 0 bridgehead atoms. The lowest BCUT2D eigenvalue weighted by Gasteiger charge is -2.11. The summed E-state index contributed by atoms with van der Waals surface area (Å²) < 4.78 is 10.8. The standard InChI is InChI=1S/C20H18N2O6/c1-13-10-17(24)19(20(26)22(13)12-18(25)27-2)16(23)7-6-14-4-3-5-15(11-14)28-9-8-21/h3-7,10-11,24H,9,12H2,1-2H3. The molecular weight excluding hydrogens is 364 g/mol. The first-order valence-electron chi connectivity index (χ1n) is 8.19. The minimum absolute atomic E-state index is 0.108. The summed E-state index contributed by atoms with van der Waals surface area (Å²) in [5, 5.41) is 18.6. The van der Waals surface area contributed by atoms with Crippen LogP contribution in [0.1, 0.15) is 21.6 Å². The number of nitriles is 1. The summed E-state index contributed by atoms with van der Waals surface area (Å²) in [4.78, 5) is 36.6. The number of carbonyl (C=O) groups excluding carboxylic acids is 2. The molecule has 2 rings (SSSR count). The van der Waals surface area contributed by atoms with E-state index in [4.69, 9.17) is 10.00 Å². The van der Waals surface area contributed by atoms with Crippen molar-refractivity contribution < 1.29 is 24.2 Å². The highest BCUT2D eigenvalue weighted by Crippen LogP contribution is 2.18. The van der Waals surface area contributed by atoms with Crippen LogP contribution < -0.4 is 10.3 Å². The van der Waals surface area contributed by atoms with Gasteiger partial charge in [0.1, 0.15) is 29.7 Å². The molecule has 0 unspecified atom stereocenters. The molecule has 0 atom stereocenters. The summed E-state index contributed by atoms with van der Waals surface area (Å²) in [5.74, 6) is -1.39. The van der Waals surface area contributed by atoms with Crippen LogP contribution in [0.5, 0.6) is 11.5 Å². The fraction of sp³-hybridized carbons (Fsp3) is 0.200. The Labute approximate surface area is 160 Å². The van der Waals surface area contributed by atoms with Gasteiger partial charge in [-0.1, -0.05) is 18.2 Å². The topological polar surface area (TPSA) is 119 Å². The van der Waals surface area contributed by atoms with Gasteiger partial charge in [0.05, 0.1) is 7.11 Å². The van der Waals surface area contributed by atoms with Crippen molar-refractivity contribution >= 4 is 17.8 Å². The minimum Gasteiger partial charge on any atom is -0.507 e. The molecule has 0 aliphatic rings. The number of carbonyl (C=O) groups is 2. The highest BCUT2D eigenvalue weighted by Gasteiger charge is 2.19. The number of ketones is 1. The second kappa shape index (κ2) is 9.19. The Bertz CT molecular complexity index is 1030. The van der Waals surface area contributed by atoms with E-state index in [2.05, 4.69) is 4.74 Å². The van der Waals surface area contributed by atoms with E-state index >= 15 is 0 Å². The zero-order valence-corrected chi connectivity index (χ0v) is 15.3. The molecule has 0 radical (unpaired) electrons. The Morgan fingerprint density at radius 2 is 2.07 bits per heavy atom. The third kappa shape index (κ3) is 4.86. The summed E-state index contributed by atoms with van der Waals surface area (Å²) in [6.07, 6.45) is 2.59. The number of allylic oxidation sites excluding steroid dienone is 1. The molecule has 1 heterocycles. The third-order valence-corrected chi connectivity index (χ3v) is 3.84. The van der Waals surface area contributed by atoms with Crippen LogP contribution in [0.3, 0.4) is 0 Å². The predicted molar refractivity (Wildman–Crippen MR) is 100 cm³/mol. The van der Waals surface area contributed by atoms with Crippen LogP contribution in [-0.2, 0) is 16.1 Å². The smallest absolute Gasteiger partial charge is 0.325 e. The molecular formula is C20H18N2O6. The number of aromatic nitrogens is 1. The molecule has 0 spiro atoms. The maximum absolute atomic E-state index is 12.6. The van der Waals surface area contributed by atoms with Gasteiger partial charge in [-0.15, -0.1) is 0 Å². The number of pyridine rings is 1. The van der Waals surface area contributed by atoms with Gasteiger partial charge in [0.2, 0.25) is 0 Å². The second-order valence-corrected chi connectivity index (χ2v) is 5.73. The van der Waals surface area contributed by atoms with Gasteiger partial charge in [0.25, 0.3) is 5.56 Å². The summed E-state index contributed by atoms with van der Waals surface area (Å²) >= 11 is 0. The van der Waals surface area contributed by atoms with E-state index in [0.29, 0.717) is 17.0 Å². The number of hydrogen-bond acceptors (Lipinski definition) is 7. The molecule has 144 valence electrons. The van der Waals surface area contributed by atoms with E-state index < -0.39 is 28.6 Å². The van der Waals surface area contributed by atoms with Gasteiger partial charge in [-0.25, -0.2) is 0 Å². The lowest BCUT2D eigenvalue weighted by molar-refractivity contribution is -0.141. The van der Waals surface area contributed by atoms with Crippen molar-refractivity contribution in [1.82, 2.24) is 4.57 Å². The van der Waals surface area contributed by atoms with E-state index in [-0.39, 0.29) is 13.2 Å². The highest BCUT2D eigenvalue weighted by atomic mass is 16.5. The van der Waals surface area contributed by atoms with Crippen LogP contribution in [0.2, 0.25) is 0 Å². The Balaban J connectivity index is 2.33. The van der Waals surface area contributed by atoms with Crippen molar-refractivity contribution in [2.24, 2.45) is 0 Å². The van der Waals surface area contributed by atoms with Crippen molar-refractivity contribution in [2.45, 2.75) is 13.5 Å². The largest absolute Gasteiger partial charge is 0.507 e. The van der Waals surface area contributed by atoms with Crippen molar-refractivity contribution in [3.8, 4) is 17.6 Å². The summed E-state index contributed by atoms with van der Waals surface area (Å²) in [6.45, 7) is 1.05. The molecule has 8 heteroatoms. The van der Waals surface area contributed by atoms with Gasteiger partial charge < -0.3 is 19.1 Å². The molecule has 0 saturated heterocycles. The molecule has 0 aliphatic carbocycles. The van der Waals surface area contributed by atoms with E-state index in [0.717, 1.165) is 10.6 Å². The maximum atomic E-state index is 12.6. The lowest BCUT2D eigenvalue weighted by atomic mass is 10.1. The first-order valence-corrected chi connectivity index (χ1v) is 8.19. The van der Waals surface area contributed by atoms with E-state index in [1.807, 2.05) is 6.07 Å². The number of benzene rings is 1. The van der Waals surface area contributed by atoms with Crippen LogP contribution in [0.15, 0.2) is 41.2 Å². The van der Waals surface area contributed by atoms with Crippen LogP contribution in [-0.4, -0.2) is 35.1 Å². The molecule has 1 aromatic carbocycles. The minimum atomic E-state index is -0.788. The molecule has 1 aromatic heterocycles. The Morgan fingerprint density at radius 3 is 2.75 bits per heavy atom. The fourth-order valence-corrected chi connectivity index (χ4v) is 2.45. The number of rotatable bonds is 7. The number of aryl methyl sites for hydroxylation is 1. The quantitative estimate of drug-likeness (QED) is 0.441. The fourth-order valence-electron chi connectivity index (χ4n) is 2.45. The highest BCUT2D eigenvalue weighted by molar-refractivity contribution is 6.08. The molecule has 0 saturated carbocycles. The first-order chi connectivity index (χ1) is 13.4. The number of methoxy groups -OCH3 is 1. The summed E-state index contributed by atoms with van der Waals surface area (Å²) in [7, 11) is 1.19. The number of hydrogen-bond donors (Lipinski definition) is 1. The van der Waals surface area contributed by atoms with Crippen molar-refractivity contribution in [2.75, 3.05) is 13.7 Å². The van der Waals surface area contributed by atoms with Crippen molar-refractivity contribution in [3.05, 3.63) is 63.6 Å². The van der Waals surface area contributed by atoms with E-state index in [1.54, 1.807) is 24.3 Å². The van der Waals surface area contributed by atoms with Gasteiger partial charge in [0, 0.05) is 11.8 Å². The molecule has 1 N–H and O–H groups in total. The lowest BCUT2D eigenvalue weighted by Crippen LogP contribution is -2.30. The Hall–Kier alpha value is -3.86. The van der Waals surface area contributed by atoms with Gasteiger partial charge in [-0.05, 0) is 30.7 Å². The summed E-state index contributed by atoms with van der Waals surface area (Å²) in [6, 6.07) is 9.76. The zero-order valence-electron chi connectivity index (χ0n) is 15.3. The number of ether oxygens (including phenoxy) is 2. The average Bonchev–Trinajstić information content (AvgIpc) is 2.67.